The van der Waals surface area contributed by atoms with Crippen molar-refractivity contribution in [2.45, 2.75) is 114 Å². The standard InChI is InChI=1S/C52H62N8O7S.2H2/c1-5-59-43-12-11-32-22-36(43)39(46(59)38-23-33(26-54-44(38)30(2)64-4)31-13-17-58-18-20-65-27-34(58)21-31)25-52(3)14-19-66-47(49-55-42(32)28-68-49)45(50(62)60-16-8-10-41(57-60)51(63)67-29-52)56-48(61)37-24-35(37)40-9-6-7-15-53-40;;/h6-7,9,11-12,15,22-23,26,28,30-31,34-35,37,41,45,47,57H,5,8,10,13-14,16-21,24-25,27,29H2,1-4H3,(H,56,61);2*1H/t30-,31+,34?,35+,37+,41-,45-,47?,52?;;/m0../s1. The number of ether oxygens (including phenoxy) is 4. The Labute approximate surface area is 404 Å². The van der Waals surface area contributed by atoms with Crippen LogP contribution in [0.1, 0.15) is 114 Å². The lowest BCUT2D eigenvalue weighted by Gasteiger charge is -2.42. The summed E-state index contributed by atoms with van der Waals surface area (Å²) in [6.45, 7) is 11.4. The van der Waals surface area contributed by atoms with Gasteiger partial charge in [0.25, 0.3) is 5.91 Å². The zero-order valence-electron chi connectivity index (χ0n) is 39.4. The van der Waals surface area contributed by atoms with E-state index in [4.69, 9.17) is 28.9 Å². The Morgan fingerprint density at radius 1 is 1.10 bits per heavy atom. The number of rotatable bonds is 8. The molecule has 0 spiro atoms. The van der Waals surface area contributed by atoms with E-state index in [0.29, 0.717) is 62.2 Å². The normalized spacial score (nSPS) is 29.2. The van der Waals surface area contributed by atoms with Gasteiger partial charge in [-0.15, -0.1) is 11.3 Å². The summed E-state index contributed by atoms with van der Waals surface area (Å²) in [6.07, 6.45) is 7.44. The van der Waals surface area contributed by atoms with Gasteiger partial charge >= 0.3 is 5.97 Å². The van der Waals surface area contributed by atoms with E-state index in [-0.39, 0.29) is 45.8 Å². The first-order valence-electron chi connectivity index (χ1n) is 24.6. The van der Waals surface area contributed by atoms with Crippen molar-refractivity contribution < 1.29 is 36.2 Å². The van der Waals surface area contributed by atoms with Crippen LogP contribution in [0.4, 0.5) is 0 Å². The molecule has 2 amide bonds. The first-order valence-corrected chi connectivity index (χ1v) is 25.5. The van der Waals surface area contributed by atoms with Crippen LogP contribution in [-0.4, -0.2) is 119 Å². The van der Waals surface area contributed by atoms with E-state index in [1.54, 1.807) is 13.3 Å². The van der Waals surface area contributed by atoms with Crippen LogP contribution in [0.3, 0.4) is 0 Å². The number of cyclic esters (lactones) is 1. The Morgan fingerprint density at radius 2 is 2.00 bits per heavy atom. The van der Waals surface area contributed by atoms with E-state index < -0.39 is 29.6 Å². The predicted molar refractivity (Wildman–Crippen MR) is 261 cm³/mol. The van der Waals surface area contributed by atoms with Gasteiger partial charge in [-0.3, -0.25) is 34.3 Å². The molecular formula is C52H66N8O7S. The average Bonchev–Trinajstić information content (AvgIpc) is 3.93. The van der Waals surface area contributed by atoms with Crippen molar-refractivity contribution in [2.24, 2.45) is 11.3 Å². The molecule has 15 nitrogen and oxygen atoms in total. The van der Waals surface area contributed by atoms with E-state index in [1.807, 2.05) is 23.6 Å². The van der Waals surface area contributed by atoms with Gasteiger partial charge in [0.1, 0.15) is 23.2 Å². The lowest BCUT2D eigenvalue weighted by molar-refractivity contribution is -0.156. The van der Waals surface area contributed by atoms with Crippen LogP contribution in [0.5, 0.6) is 0 Å². The highest BCUT2D eigenvalue weighted by atomic mass is 32.1. The molecule has 6 aliphatic rings. The minimum atomic E-state index is -1.12. The maximum absolute atomic E-state index is 14.9. The van der Waals surface area contributed by atoms with Gasteiger partial charge in [0, 0.05) is 105 Å². The van der Waals surface area contributed by atoms with Gasteiger partial charge in [-0.25, -0.2) is 10.4 Å². The largest absolute Gasteiger partial charge is 0.464 e. The van der Waals surface area contributed by atoms with Crippen molar-refractivity contribution >= 4 is 40.0 Å². The highest BCUT2D eigenvalue weighted by Gasteiger charge is 2.48. The highest BCUT2D eigenvalue weighted by Crippen LogP contribution is 2.48. The van der Waals surface area contributed by atoms with Gasteiger partial charge < -0.3 is 28.8 Å². The molecule has 1 aliphatic carbocycles. The predicted octanol–water partition coefficient (Wildman–Crippen LogP) is 7.37. The second-order valence-electron chi connectivity index (χ2n) is 20.1. The smallest absolute Gasteiger partial charge is 0.324 e. The third-order valence-corrected chi connectivity index (χ3v) is 16.5. The molecular weight excluding hydrogens is 881 g/mol. The summed E-state index contributed by atoms with van der Waals surface area (Å²) >= 11 is 1.42. The van der Waals surface area contributed by atoms with Crippen molar-refractivity contribution in [1.29, 1.82) is 0 Å². The van der Waals surface area contributed by atoms with Crippen LogP contribution in [0.15, 0.2) is 60.2 Å². The van der Waals surface area contributed by atoms with Gasteiger partial charge in [0.05, 0.1) is 43.0 Å². The maximum atomic E-state index is 14.9. The van der Waals surface area contributed by atoms with Crippen molar-refractivity contribution in [1.82, 2.24) is 40.2 Å². The Morgan fingerprint density at radius 3 is 2.84 bits per heavy atom. The number of hydrogen-bond donors (Lipinski definition) is 2. The molecule has 2 N–H and O–H groups in total. The molecule has 4 saturated heterocycles. The maximum Gasteiger partial charge on any atom is 0.324 e. The number of aromatic nitrogens is 4. The lowest BCUT2D eigenvalue weighted by atomic mass is 9.79. The first-order chi connectivity index (χ1) is 33.1. The van der Waals surface area contributed by atoms with Crippen molar-refractivity contribution in [3.05, 3.63) is 87.8 Å². The number of carbonyl (C=O) groups excluding carboxylic acids is 3. The number of benzene rings is 1. The molecule has 5 aromatic rings. The Kier molecular flexibility index (Phi) is 12.4. The molecule has 16 heteroatoms. The van der Waals surface area contributed by atoms with Crippen LogP contribution in [0.25, 0.3) is 33.4 Å². The number of pyridine rings is 2. The van der Waals surface area contributed by atoms with Crippen LogP contribution in [0.2, 0.25) is 0 Å². The van der Waals surface area contributed by atoms with Gasteiger partial charge in [0.15, 0.2) is 0 Å². The topological polar surface area (TPSA) is 162 Å². The molecule has 0 radical (unpaired) electrons. The summed E-state index contributed by atoms with van der Waals surface area (Å²) in [4.78, 5) is 60.9. The van der Waals surface area contributed by atoms with Gasteiger partial charge in [-0.2, -0.15) is 0 Å². The number of amides is 2. The van der Waals surface area contributed by atoms with Crippen molar-refractivity contribution in [2.75, 3.05) is 53.2 Å². The number of morpholine rings is 1. The number of aryl methyl sites for hydroxylation is 1. The fraction of sp³-hybridized carbons (Fsp3) is 0.538. The SMILES string of the molecule is CCn1c(-c2cc([C@@H]3CCN4CCOCC4C3)cnc2[C@H](C)OC)c2c3cc(ccc31)-c1csc(n1)C1OCCC(C)(COC(=O)[C@@H]3CCCN(N3)C(=O)[C@H]1NC(=O)[C@@H]1C[C@H]1c1ccccn1)C2.[HH].[HH]. The van der Waals surface area contributed by atoms with Crippen LogP contribution in [0, 0.1) is 11.3 Å². The lowest BCUT2D eigenvalue weighted by Crippen LogP contribution is -2.61. The van der Waals surface area contributed by atoms with Crippen molar-refractivity contribution in [3.63, 3.8) is 0 Å². The molecule has 11 rings (SSSR count). The number of nitrogens with zero attached hydrogens (tertiary/aromatic N) is 6. The van der Waals surface area contributed by atoms with E-state index in [0.717, 1.165) is 89.5 Å². The van der Waals surface area contributed by atoms with Crippen LogP contribution < -0.4 is 10.7 Å². The average molecular weight is 947 g/mol. The highest BCUT2D eigenvalue weighted by molar-refractivity contribution is 7.10. The number of hydrazine groups is 1. The van der Waals surface area contributed by atoms with E-state index in [9.17, 15) is 14.4 Å². The zero-order valence-corrected chi connectivity index (χ0v) is 40.3. The molecule has 8 bridgehead atoms. The number of thiazole rings is 1. The molecule has 1 aromatic carbocycles. The van der Waals surface area contributed by atoms with Gasteiger partial charge in [0.2, 0.25) is 5.91 Å². The van der Waals surface area contributed by atoms with Crippen LogP contribution in [-0.2, 0) is 46.3 Å². The summed E-state index contributed by atoms with van der Waals surface area (Å²) in [7, 11) is 1.74. The molecule has 4 aromatic heterocycles. The van der Waals surface area contributed by atoms with E-state index in [2.05, 4.69) is 76.4 Å². The molecule has 3 unspecified atom stereocenters. The minimum Gasteiger partial charge on any atom is -0.464 e. The molecule has 9 heterocycles. The second kappa shape index (κ2) is 18.7. The zero-order chi connectivity index (χ0) is 46.7. The quantitative estimate of drug-likeness (QED) is 0.149. The summed E-state index contributed by atoms with van der Waals surface area (Å²) in [5.41, 5.74) is 11.5. The molecule has 68 heavy (non-hydrogen) atoms. The number of fused-ring (bicyclic) bond motifs is 12. The molecule has 362 valence electrons. The second-order valence-corrected chi connectivity index (χ2v) is 21.0. The Balaban J connectivity index is 0.00000304. The molecule has 5 aliphatic heterocycles. The van der Waals surface area contributed by atoms with Crippen molar-refractivity contribution in [3.8, 4) is 22.5 Å². The third-order valence-electron chi connectivity index (χ3n) is 15.6. The number of methoxy groups -OCH3 is 1. The minimum absolute atomic E-state index is 0. The fourth-order valence-electron chi connectivity index (χ4n) is 11.5. The van der Waals surface area contributed by atoms with E-state index in [1.165, 1.54) is 21.9 Å². The monoisotopic (exact) mass is 946 g/mol. The number of carbonyl (C=O) groups is 3. The van der Waals surface area contributed by atoms with Crippen LogP contribution >= 0.6 is 11.3 Å². The third kappa shape index (κ3) is 8.55. The first kappa shape index (κ1) is 45.3. The van der Waals surface area contributed by atoms with Gasteiger partial charge in [-0.1, -0.05) is 19.1 Å². The summed E-state index contributed by atoms with van der Waals surface area (Å²) in [6, 6.07) is 13.2. The number of piperidine rings is 1. The molecule has 5 fully saturated rings. The number of esters is 1. The summed E-state index contributed by atoms with van der Waals surface area (Å²) in [5, 5.41) is 8.34. The fourth-order valence-corrected chi connectivity index (χ4v) is 12.4. The summed E-state index contributed by atoms with van der Waals surface area (Å²) < 4.78 is 27.7. The van der Waals surface area contributed by atoms with E-state index >= 15 is 0 Å². The van der Waals surface area contributed by atoms with Gasteiger partial charge in [-0.05, 0) is 113 Å². The Hall–Kier alpha value is -5.10. The molecule has 1 saturated carbocycles. The Bertz CT molecular complexity index is 2720. The summed E-state index contributed by atoms with van der Waals surface area (Å²) in [5.74, 6) is -1.07. The number of hydrogen-bond acceptors (Lipinski definition) is 13. The molecule has 9 atom stereocenters. The number of nitrogens with one attached hydrogen (secondary N) is 2.